The van der Waals surface area contributed by atoms with Gasteiger partial charge in [-0.2, -0.15) is 0 Å². The van der Waals surface area contributed by atoms with Gasteiger partial charge in [0.15, 0.2) is 0 Å². The Labute approximate surface area is 188 Å². The number of ketones is 1. The van der Waals surface area contributed by atoms with Crippen molar-refractivity contribution in [2.24, 2.45) is 0 Å². The third-order valence-corrected chi connectivity index (χ3v) is 4.61. The maximum atomic E-state index is 12.9. The van der Waals surface area contributed by atoms with E-state index in [2.05, 4.69) is 16.1 Å². The Hall–Kier alpha value is -3.07. The minimum absolute atomic E-state index is 0.117. The van der Waals surface area contributed by atoms with Gasteiger partial charge < -0.3 is 15.4 Å². The van der Waals surface area contributed by atoms with Crippen LogP contribution in [0.5, 0.6) is 0 Å². The number of nitrogens with one attached hydrogen (secondary N) is 3. The highest BCUT2D eigenvalue weighted by atomic mass is 16.6. The van der Waals surface area contributed by atoms with Gasteiger partial charge in [-0.1, -0.05) is 67.6 Å². The normalized spacial score (nSPS) is 12.6. The van der Waals surface area contributed by atoms with Crippen molar-refractivity contribution in [1.82, 2.24) is 16.1 Å². The lowest BCUT2D eigenvalue weighted by Gasteiger charge is -2.22. The van der Waals surface area contributed by atoms with Gasteiger partial charge in [0.1, 0.15) is 12.1 Å². The number of likely N-dealkylation sites (N-methyl/N-ethyl adjacent to an activating group) is 1. The van der Waals surface area contributed by atoms with Crippen LogP contribution in [-0.4, -0.2) is 49.4 Å². The molecule has 0 fully saturated rings. The molecule has 0 saturated carbocycles. The molecule has 32 heavy (non-hydrogen) atoms. The van der Waals surface area contributed by atoms with Gasteiger partial charge in [0.25, 0.3) is 0 Å². The summed E-state index contributed by atoms with van der Waals surface area (Å²) in [5.41, 5.74) is 3.91. The number of hydrogen-bond donors (Lipinski definition) is 3. The number of carbonyl (C=O) groups is 3. The van der Waals surface area contributed by atoms with Crippen molar-refractivity contribution >= 4 is 17.6 Å². The van der Waals surface area contributed by atoms with Crippen molar-refractivity contribution < 1.29 is 24.0 Å². The molecule has 0 aliphatic rings. The summed E-state index contributed by atoms with van der Waals surface area (Å²) in [6.45, 7) is 4.79. The van der Waals surface area contributed by atoms with Crippen LogP contribution < -0.4 is 16.1 Å². The fraction of sp³-hybridized carbons (Fsp3) is 0.375. The average Bonchev–Trinajstić information content (AvgIpc) is 2.82. The lowest BCUT2D eigenvalue weighted by atomic mass is 10.0. The number of benzene rings is 2. The van der Waals surface area contributed by atoms with Crippen LogP contribution >= 0.6 is 0 Å². The molecule has 2 amide bonds. The number of rotatable bonds is 14. The van der Waals surface area contributed by atoms with E-state index in [1.165, 1.54) is 0 Å². The fourth-order valence-electron chi connectivity index (χ4n) is 3.02. The second-order valence-electron chi connectivity index (χ2n) is 7.09. The Kier molecular flexibility index (Phi) is 11.1. The molecule has 172 valence electrons. The molecule has 2 aromatic rings. The van der Waals surface area contributed by atoms with Gasteiger partial charge in [-0.05, 0) is 24.6 Å². The van der Waals surface area contributed by atoms with Crippen LogP contribution in [0.1, 0.15) is 25.0 Å². The molecular formula is C24H31N3O5. The average molecular weight is 442 g/mol. The summed E-state index contributed by atoms with van der Waals surface area (Å²) in [6, 6.07) is 17.1. The van der Waals surface area contributed by atoms with Crippen LogP contribution in [0.2, 0.25) is 0 Å². The predicted molar refractivity (Wildman–Crippen MR) is 120 cm³/mol. The largest absolute Gasteiger partial charge is 0.375 e. The van der Waals surface area contributed by atoms with Gasteiger partial charge in [0, 0.05) is 6.42 Å². The topological polar surface area (TPSA) is 106 Å². The van der Waals surface area contributed by atoms with Crippen molar-refractivity contribution in [1.29, 1.82) is 0 Å². The molecule has 0 heterocycles. The molecule has 0 unspecified atom stereocenters. The van der Waals surface area contributed by atoms with Crippen molar-refractivity contribution in [3.05, 3.63) is 71.8 Å². The molecule has 0 aliphatic heterocycles. The zero-order valence-electron chi connectivity index (χ0n) is 18.5. The Morgan fingerprint density at radius 2 is 1.50 bits per heavy atom. The lowest BCUT2D eigenvalue weighted by molar-refractivity contribution is -0.147. The minimum Gasteiger partial charge on any atom is -0.375 e. The summed E-state index contributed by atoms with van der Waals surface area (Å²) in [7, 11) is 0. The van der Waals surface area contributed by atoms with Crippen LogP contribution in [0, 0.1) is 0 Å². The highest BCUT2D eigenvalue weighted by molar-refractivity contribution is 6.38. The summed E-state index contributed by atoms with van der Waals surface area (Å²) in [4.78, 5) is 42.7. The van der Waals surface area contributed by atoms with Crippen molar-refractivity contribution in [3.8, 4) is 0 Å². The van der Waals surface area contributed by atoms with Gasteiger partial charge in [-0.15, -0.1) is 0 Å². The number of hydroxylamine groups is 1. The molecule has 8 nitrogen and oxygen atoms in total. The Morgan fingerprint density at radius 3 is 2.09 bits per heavy atom. The molecule has 8 heteroatoms. The minimum atomic E-state index is -1.04. The first-order chi connectivity index (χ1) is 15.5. The monoisotopic (exact) mass is 441 g/mol. The Morgan fingerprint density at radius 1 is 0.875 bits per heavy atom. The van der Waals surface area contributed by atoms with Gasteiger partial charge in [-0.25, -0.2) is 5.48 Å². The molecule has 2 rings (SSSR count). The molecule has 0 radical (unpaired) electrons. The van der Waals surface area contributed by atoms with Crippen molar-refractivity contribution in [2.45, 2.75) is 39.0 Å². The molecule has 3 N–H and O–H groups in total. The van der Waals surface area contributed by atoms with Gasteiger partial charge in [0.2, 0.25) is 11.7 Å². The molecule has 0 aliphatic carbocycles. The van der Waals surface area contributed by atoms with Gasteiger partial charge in [0.05, 0.1) is 19.8 Å². The van der Waals surface area contributed by atoms with Crippen LogP contribution in [0.3, 0.4) is 0 Å². The first kappa shape index (κ1) is 25.2. The molecule has 0 spiro atoms. The molecule has 0 saturated heterocycles. The van der Waals surface area contributed by atoms with E-state index in [0.29, 0.717) is 13.2 Å². The maximum absolute atomic E-state index is 12.9. The smallest absolute Gasteiger partial charge is 0.313 e. The fourth-order valence-corrected chi connectivity index (χ4v) is 3.02. The molecule has 2 atom stereocenters. The van der Waals surface area contributed by atoms with Crippen LogP contribution in [0.4, 0.5) is 0 Å². The highest BCUT2D eigenvalue weighted by Crippen LogP contribution is 2.06. The second kappa shape index (κ2) is 14.1. The van der Waals surface area contributed by atoms with E-state index in [1.807, 2.05) is 67.6 Å². The third kappa shape index (κ3) is 8.58. The molecule has 0 bridgehead atoms. The summed E-state index contributed by atoms with van der Waals surface area (Å²) in [6.07, 6.45) is 0.175. The van der Waals surface area contributed by atoms with E-state index in [4.69, 9.17) is 9.57 Å². The lowest BCUT2D eigenvalue weighted by Crippen LogP contribution is -2.55. The van der Waals surface area contributed by atoms with E-state index in [1.54, 1.807) is 6.92 Å². The first-order valence-corrected chi connectivity index (χ1v) is 10.7. The van der Waals surface area contributed by atoms with Gasteiger partial charge >= 0.3 is 5.91 Å². The maximum Gasteiger partial charge on any atom is 0.313 e. The van der Waals surface area contributed by atoms with Crippen molar-refractivity contribution in [3.63, 3.8) is 0 Å². The third-order valence-electron chi connectivity index (χ3n) is 4.61. The number of carbonyl (C=O) groups excluding carboxylic acids is 3. The quantitative estimate of drug-likeness (QED) is 0.303. The van der Waals surface area contributed by atoms with E-state index < -0.39 is 29.7 Å². The van der Waals surface area contributed by atoms with E-state index in [9.17, 15) is 14.4 Å². The predicted octanol–water partition coefficient (Wildman–Crippen LogP) is 1.55. The summed E-state index contributed by atoms with van der Waals surface area (Å²) < 4.78 is 5.71. The summed E-state index contributed by atoms with van der Waals surface area (Å²) in [5, 5.41) is 5.78. The highest BCUT2D eigenvalue weighted by Gasteiger charge is 2.30. The first-order valence-electron chi connectivity index (χ1n) is 10.7. The Balaban J connectivity index is 2.04. The molecular weight excluding hydrogens is 410 g/mol. The van der Waals surface area contributed by atoms with Crippen molar-refractivity contribution in [2.75, 3.05) is 19.8 Å². The van der Waals surface area contributed by atoms with Crippen LogP contribution in [0.25, 0.3) is 0 Å². The SMILES string of the molecule is CCN[C@H](COCc1ccccc1)C(=O)N[C@@H](Cc1ccccc1)C(=O)C(=O)NOCC. The van der Waals surface area contributed by atoms with E-state index in [0.717, 1.165) is 11.1 Å². The zero-order valence-corrected chi connectivity index (χ0v) is 18.5. The van der Waals surface area contributed by atoms with E-state index >= 15 is 0 Å². The molecule has 2 aromatic carbocycles. The second-order valence-corrected chi connectivity index (χ2v) is 7.09. The Bertz CT molecular complexity index is 845. The van der Waals surface area contributed by atoms with Crippen LogP contribution in [-0.2, 0) is 37.0 Å². The number of amides is 2. The zero-order chi connectivity index (χ0) is 23.2. The summed E-state index contributed by atoms with van der Waals surface area (Å²) >= 11 is 0. The number of ether oxygens (including phenoxy) is 1. The number of hydrogen-bond acceptors (Lipinski definition) is 6. The van der Waals surface area contributed by atoms with Gasteiger partial charge in [-0.3, -0.25) is 19.2 Å². The molecule has 0 aromatic heterocycles. The van der Waals surface area contributed by atoms with Crippen LogP contribution in [0.15, 0.2) is 60.7 Å². The standard InChI is InChI=1S/C24H31N3O5/c1-3-25-21(17-31-16-19-13-9-6-10-14-19)23(29)26-20(15-18-11-7-5-8-12-18)22(28)24(30)27-32-4-2/h5-14,20-21,25H,3-4,15-17H2,1-2H3,(H,26,29)(H,27,30)/t20-,21+/m0/s1. The summed E-state index contributed by atoms with van der Waals surface area (Å²) in [5.74, 6) is -2.11. The van der Waals surface area contributed by atoms with E-state index in [-0.39, 0.29) is 19.6 Å². The number of Topliss-reactive ketones (excluding diaryl/α,β-unsaturated/α-hetero) is 1.